The van der Waals surface area contributed by atoms with Gasteiger partial charge in [-0.2, -0.15) is 0 Å². The number of hydrogen-bond acceptors (Lipinski definition) is 4. The van der Waals surface area contributed by atoms with Crippen LogP contribution in [0.4, 0.5) is 4.79 Å². The molecule has 1 heterocycles. The zero-order valence-electron chi connectivity index (χ0n) is 14.5. The van der Waals surface area contributed by atoms with E-state index in [1.807, 2.05) is 27.7 Å². The van der Waals surface area contributed by atoms with Gasteiger partial charge in [0.25, 0.3) is 0 Å². The van der Waals surface area contributed by atoms with Crippen LogP contribution in [0.25, 0.3) is 0 Å². The maximum absolute atomic E-state index is 12.5. The quantitative estimate of drug-likeness (QED) is 0.871. The summed E-state index contributed by atoms with van der Waals surface area (Å²) < 4.78 is 11.4. The minimum absolute atomic E-state index is 0.0641. The van der Waals surface area contributed by atoms with Gasteiger partial charge in [-0.3, -0.25) is 0 Å². The molecule has 5 heteroatoms. The Kier molecular flexibility index (Phi) is 5.67. The minimum atomic E-state index is -0.523. The lowest BCUT2D eigenvalue weighted by Crippen LogP contribution is -2.56. The van der Waals surface area contributed by atoms with Crippen LogP contribution >= 0.6 is 0 Å². The molecule has 0 aromatic rings. The smallest absolute Gasteiger partial charge is 0.410 e. The monoisotopic (exact) mass is 301 g/mol. The molecule has 0 radical (unpaired) electrons. The largest absolute Gasteiger partial charge is 0.443 e. The van der Waals surface area contributed by atoms with Crippen molar-refractivity contribution < 1.29 is 19.4 Å². The van der Waals surface area contributed by atoms with Gasteiger partial charge in [-0.05, 0) is 39.5 Å². The first-order valence-electron chi connectivity index (χ1n) is 7.71. The van der Waals surface area contributed by atoms with Gasteiger partial charge in [-0.1, -0.05) is 20.8 Å². The topological polar surface area (TPSA) is 59.0 Å². The molecule has 0 aromatic heterocycles. The predicted octanol–water partition coefficient (Wildman–Crippen LogP) is 2.81. The van der Waals surface area contributed by atoms with Gasteiger partial charge in [0.15, 0.2) is 0 Å². The second-order valence-electron chi connectivity index (χ2n) is 7.90. The highest BCUT2D eigenvalue weighted by molar-refractivity contribution is 5.68. The average molecular weight is 301 g/mol. The van der Waals surface area contributed by atoms with E-state index in [0.29, 0.717) is 6.54 Å². The van der Waals surface area contributed by atoms with Crippen LogP contribution in [0.2, 0.25) is 0 Å². The summed E-state index contributed by atoms with van der Waals surface area (Å²) in [4.78, 5) is 14.1. The molecule has 0 saturated carbocycles. The molecule has 0 aromatic carbocycles. The summed E-state index contributed by atoms with van der Waals surface area (Å²) in [6, 6.07) is -0.0641. The maximum Gasteiger partial charge on any atom is 0.410 e. The van der Waals surface area contributed by atoms with Crippen molar-refractivity contribution in [3.8, 4) is 0 Å². The Hall–Kier alpha value is -0.810. The molecular weight excluding hydrogens is 270 g/mol. The third-order valence-corrected chi connectivity index (χ3v) is 3.74. The van der Waals surface area contributed by atoms with Gasteiger partial charge in [0.2, 0.25) is 0 Å². The standard InChI is InChI=1S/C16H31NO4/c1-11-12(2)20-13(9-18)8-17(11)14(19)21-16(6,7)10-15(3,4)5/h11-13,18H,8-10H2,1-7H3/t11-,12+,13+/m1/s1. The van der Waals surface area contributed by atoms with Crippen LogP contribution < -0.4 is 0 Å². The van der Waals surface area contributed by atoms with Crippen LogP contribution in [0.15, 0.2) is 0 Å². The van der Waals surface area contributed by atoms with Crippen LogP contribution in [0.1, 0.15) is 54.9 Å². The van der Waals surface area contributed by atoms with Crippen molar-refractivity contribution >= 4 is 6.09 Å². The van der Waals surface area contributed by atoms with Gasteiger partial charge in [0.05, 0.1) is 31.4 Å². The van der Waals surface area contributed by atoms with E-state index in [9.17, 15) is 9.90 Å². The molecule has 1 saturated heterocycles. The van der Waals surface area contributed by atoms with Crippen molar-refractivity contribution in [2.24, 2.45) is 5.41 Å². The number of rotatable bonds is 3. The van der Waals surface area contributed by atoms with Crippen LogP contribution in [0.3, 0.4) is 0 Å². The van der Waals surface area contributed by atoms with Crippen molar-refractivity contribution in [2.45, 2.75) is 78.7 Å². The Bertz CT molecular complexity index is 362. The van der Waals surface area contributed by atoms with E-state index in [0.717, 1.165) is 6.42 Å². The number of carbonyl (C=O) groups is 1. The number of aliphatic hydroxyl groups excluding tert-OH is 1. The molecule has 0 aliphatic carbocycles. The second-order valence-corrected chi connectivity index (χ2v) is 7.90. The van der Waals surface area contributed by atoms with Gasteiger partial charge in [-0.25, -0.2) is 4.79 Å². The first-order valence-corrected chi connectivity index (χ1v) is 7.71. The molecular formula is C16H31NO4. The van der Waals surface area contributed by atoms with Gasteiger partial charge in [0, 0.05) is 0 Å². The summed E-state index contributed by atoms with van der Waals surface area (Å²) in [5.74, 6) is 0. The molecule has 1 amide bonds. The van der Waals surface area contributed by atoms with Gasteiger partial charge in [-0.15, -0.1) is 0 Å². The molecule has 0 unspecified atom stereocenters. The fourth-order valence-corrected chi connectivity index (χ4v) is 3.05. The normalized spacial score (nSPS) is 27.6. The van der Waals surface area contributed by atoms with Crippen LogP contribution in [-0.2, 0) is 9.47 Å². The van der Waals surface area contributed by atoms with Crippen LogP contribution in [-0.4, -0.2) is 53.1 Å². The number of hydrogen-bond donors (Lipinski definition) is 1. The maximum atomic E-state index is 12.5. The summed E-state index contributed by atoms with van der Waals surface area (Å²) >= 11 is 0. The number of nitrogens with zero attached hydrogens (tertiary/aromatic N) is 1. The average Bonchev–Trinajstić information content (AvgIpc) is 2.28. The van der Waals surface area contributed by atoms with E-state index in [-0.39, 0.29) is 36.4 Å². The van der Waals surface area contributed by atoms with Crippen molar-refractivity contribution in [1.82, 2.24) is 4.90 Å². The van der Waals surface area contributed by atoms with Crippen molar-refractivity contribution in [2.75, 3.05) is 13.2 Å². The fourth-order valence-electron chi connectivity index (χ4n) is 3.05. The molecule has 124 valence electrons. The van der Waals surface area contributed by atoms with Crippen LogP contribution in [0, 0.1) is 5.41 Å². The Labute approximate surface area is 128 Å². The van der Waals surface area contributed by atoms with Crippen molar-refractivity contribution in [3.63, 3.8) is 0 Å². The first-order chi connectivity index (χ1) is 9.45. The Balaban J connectivity index is 2.73. The summed E-state index contributed by atoms with van der Waals surface area (Å²) in [5, 5.41) is 9.28. The number of aliphatic hydroxyl groups is 1. The molecule has 5 nitrogen and oxygen atoms in total. The van der Waals surface area contributed by atoms with Gasteiger partial charge < -0.3 is 19.5 Å². The summed E-state index contributed by atoms with van der Waals surface area (Å²) in [7, 11) is 0. The van der Waals surface area contributed by atoms with Gasteiger partial charge in [0.1, 0.15) is 5.60 Å². The third-order valence-electron chi connectivity index (χ3n) is 3.74. The Morgan fingerprint density at radius 3 is 2.33 bits per heavy atom. The highest BCUT2D eigenvalue weighted by atomic mass is 16.6. The van der Waals surface area contributed by atoms with Crippen molar-refractivity contribution in [1.29, 1.82) is 0 Å². The fraction of sp³-hybridized carbons (Fsp3) is 0.938. The molecule has 21 heavy (non-hydrogen) atoms. The molecule has 3 atom stereocenters. The predicted molar refractivity (Wildman–Crippen MR) is 82.2 cm³/mol. The number of amides is 1. The zero-order chi connectivity index (χ0) is 16.4. The molecule has 0 spiro atoms. The highest BCUT2D eigenvalue weighted by Crippen LogP contribution is 2.30. The highest BCUT2D eigenvalue weighted by Gasteiger charge is 2.38. The second kappa shape index (κ2) is 6.53. The van der Waals surface area contributed by atoms with E-state index in [1.54, 1.807) is 4.90 Å². The van der Waals surface area contributed by atoms with Crippen LogP contribution in [0.5, 0.6) is 0 Å². The number of ether oxygens (including phenoxy) is 2. The first kappa shape index (κ1) is 18.2. The van der Waals surface area contributed by atoms with E-state index < -0.39 is 5.60 Å². The lowest BCUT2D eigenvalue weighted by molar-refractivity contribution is -0.122. The molecule has 1 N–H and O–H groups in total. The Morgan fingerprint density at radius 1 is 1.29 bits per heavy atom. The number of morpholine rings is 1. The molecule has 1 aliphatic rings. The molecule has 1 fully saturated rings. The lowest BCUT2D eigenvalue weighted by atomic mass is 9.84. The van der Waals surface area contributed by atoms with E-state index >= 15 is 0 Å². The third kappa shape index (κ3) is 5.47. The molecule has 1 aliphatic heterocycles. The van der Waals surface area contributed by atoms with E-state index in [2.05, 4.69) is 20.8 Å². The number of carbonyl (C=O) groups excluding carboxylic acids is 1. The Morgan fingerprint density at radius 2 is 1.86 bits per heavy atom. The lowest BCUT2D eigenvalue weighted by Gasteiger charge is -2.42. The van der Waals surface area contributed by atoms with E-state index in [4.69, 9.17) is 9.47 Å². The SMILES string of the molecule is C[C@@H]1O[C@H](CO)CN(C(=O)OC(C)(C)CC(C)(C)C)[C@@H]1C. The zero-order valence-corrected chi connectivity index (χ0v) is 14.5. The van der Waals surface area contributed by atoms with Gasteiger partial charge >= 0.3 is 6.09 Å². The molecule has 0 bridgehead atoms. The summed E-state index contributed by atoms with van der Waals surface area (Å²) in [6.45, 7) is 14.4. The minimum Gasteiger partial charge on any atom is -0.443 e. The molecule has 1 rings (SSSR count). The van der Waals surface area contributed by atoms with E-state index in [1.165, 1.54) is 0 Å². The summed E-state index contributed by atoms with van der Waals surface area (Å²) in [6.07, 6.45) is -0.00213. The summed E-state index contributed by atoms with van der Waals surface area (Å²) in [5.41, 5.74) is -0.438. The van der Waals surface area contributed by atoms with Crippen molar-refractivity contribution in [3.05, 3.63) is 0 Å².